The highest BCUT2D eigenvalue weighted by atomic mass is 35.5. The molecule has 0 radical (unpaired) electrons. The van der Waals surface area contributed by atoms with Gasteiger partial charge >= 0.3 is 0 Å². The van der Waals surface area contributed by atoms with Crippen molar-refractivity contribution in [3.8, 4) is 0 Å². The number of halogens is 1. The van der Waals surface area contributed by atoms with E-state index in [1.165, 1.54) is 11.3 Å². The summed E-state index contributed by atoms with van der Waals surface area (Å²) in [4.78, 5) is 13.4. The summed E-state index contributed by atoms with van der Waals surface area (Å²) < 4.78 is 0. The Labute approximate surface area is 114 Å². The van der Waals surface area contributed by atoms with E-state index in [2.05, 4.69) is 32.6 Å². The maximum atomic E-state index is 11.0. The van der Waals surface area contributed by atoms with Crippen LogP contribution in [0.3, 0.4) is 0 Å². The molecule has 0 aromatic heterocycles. The summed E-state index contributed by atoms with van der Waals surface area (Å²) >= 11 is 6.17. The molecular weight excluding hydrogens is 246 g/mol. The van der Waals surface area contributed by atoms with Gasteiger partial charge in [0.05, 0.1) is 5.02 Å². The van der Waals surface area contributed by atoms with E-state index < -0.39 is 0 Å². The molecule has 0 aliphatic carbocycles. The second-order valence-electron chi connectivity index (χ2n) is 5.71. The molecule has 0 saturated heterocycles. The first kappa shape index (κ1) is 13.4. The molecule has 1 aromatic rings. The number of rotatable bonds is 2. The van der Waals surface area contributed by atoms with Crippen LogP contribution in [0.25, 0.3) is 0 Å². The van der Waals surface area contributed by atoms with Crippen LogP contribution in [0, 0.1) is 0 Å². The van der Waals surface area contributed by atoms with E-state index in [0.29, 0.717) is 16.5 Å². The summed E-state index contributed by atoms with van der Waals surface area (Å²) in [6.07, 6.45) is 1.93. The molecule has 0 saturated carbocycles. The molecular formula is C15H20ClNO. The van der Waals surface area contributed by atoms with Crippen LogP contribution in [0.2, 0.25) is 5.02 Å². The van der Waals surface area contributed by atoms with Crippen LogP contribution in [0.4, 0.5) is 5.69 Å². The second-order valence-corrected chi connectivity index (χ2v) is 6.12. The number of aldehydes is 1. The number of benzene rings is 1. The third-order valence-corrected chi connectivity index (χ3v) is 4.27. The first-order chi connectivity index (χ1) is 8.40. The fraction of sp³-hybridized carbons (Fsp3) is 0.533. The molecule has 0 bridgehead atoms. The van der Waals surface area contributed by atoms with E-state index in [4.69, 9.17) is 11.6 Å². The Morgan fingerprint density at radius 2 is 2.17 bits per heavy atom. The summed E-state index contributed by atoms with van der Waals surface area (Å²) in [5.74, 6) is 0.453. The molecule has 1 aliphatic heterocycles. The number of carbonyl (C=O) groups is 1. The second kappa shape index (κ2) is 4.58. The fourth-order valence-corrected chi connectivity index (χ4v) is 3.41. The van der Waals surface area contributed by atoms with E-state index in [-0.39, 0.29) is 5.54 Å². The van der Waals surface area contributed by atoms with Gasteiger partial charge in [0.25, 0.3) is 0 Å². The highest BCUT2D eigenvalue weighted by Crippen LogP contribution is 2.44. The topological polar surface area (TPSA) is 20.3 Å². The van der Waals surface area contributed by atoms with E-state index in [1.54, 1.807) is 0 Å². The lowest BCUT2D eigenvalue weighted by Gasteiger charge is -2.47. The zero-order valence-electron chi connectivity index (χ0n) is 11.5. The normalized spacial score (nSPS) is 21.6. The number of nitrogens with zero attached hydrogens (tertiary/aromatic N) is 1. The van der Waals surface area contributed by atoms with Crippen LogP contribution in [0.15, 0.2) is 12.1 Å². The number of hydrogen-bond acceptors (Lipinski definition) is 2. The predicted molar refractivity (Wildman–Crippen MR) is 77.0 cm³/mol. The smallest absolute Gasteiger partial charge is 0.151 e. The SMILES string of the molecule is CCN1c2cc(Cl)c(C=O)cc2[C@@H](C)CC1(C)C. The largest absolute Gasteiger partial charge is 0.366 e. The van der Waals surface area contributed by atoms with Crippen LogP contribution in [-0.4, -0.2) is 18.4 Å². The highest BCUT2D eigenvalue weighted by Gasteiger charge is 2.35. The summed E-state index contributed by atoms with van der Waals surface area (Å²) in [6, 6.07) is 3.90. The van der Waals surface area contributed by atoms with Gasteiger partial charge in [0.2, 0.25) is 0 Å². The minimum atomic E-state index is 0.132. The molecule has 0 amide bonds. The van der Waals surface area contributed by atoms with Gasteiger partial charge in [-0.1, -0.05) is 18.5 Å². The molecule has 1 aliphatic rings. The minimum absolute atomic E-state index is 0.132. The van der Waals surface area contributed by atoms with E-state index in [9.17, 15) is 4.79 Å². The van der Waals surface area contributed by atoms with Gasteiger partial charge in [0, 0.05) is 23.3 Å². The Morgan fingerprint density at radius 1 is 1.50 bits per heavy atom. The van der Waals surface area contributed by atoms with Crippen LogP contribution in [0.1, 0.15) is 56.0 Å². The van der Waals surface area contributed by atoms with Crippen LogP contribution in [-0.2, 0) is 0 Å². The van der Waals surface area contributed by atoms with Crippen molar-refractivity contribution >= 4 is 23.6 Å². The number of anilines is 1. The summed E-state index contributed by atoms with van der Waals surface area (Å²) in [6.45, 7) is 9.84. The fourth-order valence-electron chi connectivity index (χ4n) is 3.21. The van der Waals surface area contributed by atoms with Crippen molar-refractivity contribution in [2.24, 2.45) is 0 Å². The van der Waals surface area contributed by atoms with E-state index >= 15 is 0 Å². The first-order valence-electron chi connectivity index (χ1n) is 6.47. The molecule has 3 heteroatoms. The molecule has 0 unspecified atom stereocenters. The zero-order chi connectivity index (χ0) is 13.5. The Kier molecular flexibility index (Phi) is 3.41. The number of carbonyl (C=O) groups excluding carboxylic acids is 1. The molecule has 1 aromatic carbocycles. The Bertz CT molecular complexity index is 482. The van der Waals surface area contributed by atoms with Gasteiger partial charge in [0.1, 0.15) is 0 Å². The third-order valence-electron chi connectivity index (χ3n) is 3.95. The lowest BCUT2D eigenvalue weighted by atomic mass is 9.79. The summed E-state index contributed by atoms with van der Waals surface area (Å²) in [5.41, 5.74) is 3.14. The maximum absolute atomic E-state index is 11.0. The van der Waals surface area contributed by atoms with Crippen molar-refractivity contribution in [2.45, 2.75) is 45.6 Å². The lowest BCUT2D eigenvalue weighted by Crippen LogP contribution is -2.48. The molecule has 2 rings (SSSR count). The molecule has 0 N–H and O–H groups in total. The van der Waals surface area contributed by atoms with Gasteiger partial charge in [-0.15, -0.1) is 0 Å². The van der Waals surface area contributed by atoms with Gasteiger partial charge in [-0.2, -0.15) is 0 Å². The monoisotopic (exact) mass is 265 g/mol. The van der Waals surface area contributed by atoms with Gasteiger partial charge in [-0.25, -0.2) is 0 Å². The maximum Gasteiger partial charge on any atom is 0.151 e. The average molecular weight is 266 g/mol. The Morgan fingerprint density at radius 3 is 2.72 bits per heavy atom. The first-order valence-corrected chi connectivity index (χ1v) is 6.84. The number of hydrogen-bond donors (Lipinski definition) is 0. The van der Waals surface area contributed by atoms with Gasteiger partial charge in [-0.05, 0) is 50.8 Å². The zero-order valence-corrected chi connectivity index (χ0v) is 12.2. The molecule has 18 heavy (non-hydrogen) atoms. The van der Waals surface area contributed by atoms with E-state index in [0.717, 1.165) is 19.3 Å². The standard InChI is InChI=1S/C15H20ClNO/c1-5-17-14-7-13(16)11(9-18)6-12(14)10(2)8-15(17,3)4/h6-7,9-10H,5,8H2,1-4H3/t10-/m0/s1. The molecule has 1 heterocycles. The lowest BCUT2D eigenvalue weighted by molar-refractivity contribution is 0.112. The van der Waals surface area contributed by atoms with Crippen molar-refractivity contribution in [3.63, 3.8) is 0 Å². The van der Waals surface area contributed by atoms with Crippen molar-refractivity contribution < 1.29 is 4.79 Å². The van der Waals surface area contributed by atoms with Crippen LogP contribution >= 0.6 is 11.6 Å². The van der Waals surface area contributed by atoms with Gasteiger partial charge in [0.15, 0.2) is 6.29 Å². The van der Waals surface area contributed by atoms with Crippen LogP contribution in [0.5, 0.6) is 0 Å². The Balaban J connectivity index is 2.62. The molecule has 1 atom stereocenters. The van der Waals surface area contributed by atoms with Gasteiger partial charge in [-0.3, -0.25) is 4.79 Å². The van der Waals surface area contributed by atoms with Crippen LogP contribution < -0.4 is 4.90 Å². The number of fused-ring (bicyclic) bond motifs is 1. The predicted octanol–water partition coefficient (Wildman–Crippen LogP) is 4.26. The van der Waals surface area contributed by atoms with E-state index in [1.807, 2.05) is 12.1 Å². The third kappa shape index (κ3) is 2.03. The van der Waals surface area contributed by atoms with Crippen molar-refractivity contribution in [2.75, 3.05) is 11.4 Å². The van der Waals surface area contributed by atoms with Crippen molar-refractivity contribution in [3.05, 3.63) is 28.3 Å². The molecule has 0 fully saturated rings. The average Bonchev–Trinajstić information content (AvgIpc) is 2.27. The quantitative estimate of drug-likeness (QED) is 0.745. The van der Waals surface area contributed by atoms with Crippen molar-refractivity contribution in [1.29, 1.82) is 0 Å². The highest BCUT2D eigenvalue weighted by molar-refractivity contribution is 6.33. The summed E-state index contributed by atoms with van der Waals surface area (Å²) in [5, 5.41) is 0.548. The van der Waals surface area contributed by atoms with Gasteiger partial charge < -0.3 is 4.90 Å². The molecule has 0 spiro atoms. The minimum Gasteiger partial charge on any atom is -0.366 e. The molecule has 98 valence electrons. The molecule has 2 nitrogen and oxygen atoms in total. The summed E-state index contributed by atoms with van der Waals surface area (Å²) in [7, 11) is 0. The van der Waals surface area contributed by atoms with Crippen molar-refractivity contribution in [1.82, 2.24) is 0 Å². The Hall–Kier alpha value is -1.02.